The number of amides is 1. The summed E-state index contributed by atoms with van der Waals surface area (Å²) in [6, 6.07) is 14.7. The zero-order valence-corrected chi connectivity index (χ0v) is 17.2. The van der Waals surface area contributed by atoms with E-state index < -0.39 is 18.1 Å². The van der Waals surface area contributed by atoms with Crippen molar-refractivity contribution in [1.29, 1.82) is 0 Å². The zero-order chi connectivity index (χ0) is 21.4. The number of halogens is 3. The Morgan fingerprint density at radius 3 is 2.13 bits per heavy atom. The van der Waals surface area contributed by atoms with Gasteiger partial charge in [-0.2, -0.15) is 13.2 Å². The minimum Gasteiger partial charge on any atom is -0.311 e. The lowest BCUT2D eigenvalue weighted by molar-refractivity contribution is -0.131. The normalized spacial score (nSPS) is 22.8. The van der Waals surface area contributed by atoms with E-state index in [-0.39, 0.29) is 11.5 Å². The topological polar surface area (TPSA) is 23.6 Å². The van der Waals surface area contributed by atoms with Gasteiger partial charge in [-0.15, -0.1) is 0 Å². The number of carbonyl (C=O) groups is 1. The van der Waals surface area contributed by atoms with E-state index >= 15 is 0 Å². The number of likely N-dealkylation sites (tertiary alicyclic amines) is 1. The summed E-state index contributed by atoms with van der Waals surface area (Å²) in [7, 11) is 0. The monoisotopic (exact) mass is 416 g/mol. The summed E-state index contributed by atoms with van der Waals surface area (Å²) in [5.74, 6) is 0.156. The Kier molecular flexibility index (Phi) is 5.62. The van der Waals surface area contributed by atoms with Crippen LogP contribution in [0.25, 0.3) is 0 Å². The molecule has 2 aliphatic rings. The fraction of sp³-hybridized carbons (Fsp3) is 0.458. The number of hydrogen-bond acceptors (Lipinski definition) is 2. The highest BCUT2D eigenvalue weighted by molar-refractivity contribution is 6.01. The van der Waals surface area contributed by atoms with Gasteiger partial charge in [0, 0.05) is 18.8 Å². The quantitative estimate of drug-likeness (QED) is 0.679. The van der Waals surface area contributed by atoms with Crippen LogP contribution in [0, 0.1) is 6.92 Å². The van der Waals surface area contributed by atoms with Gasteiger partial charge < -0.3 is 4.90 Å². The van der Waals surface area contributed by atoms with Gasteiger partial charge in [-0.1, -0.05) is 42.0 Å². The lowest BCUT2D eigenvalue weighted by Gasteiger charge is -2.44. The molecule has 160 valence electrons. The molecule has 2 aromatic rings. The van der Waals surface area contributed by atoms with Crippen LogP contribution in [0.4, 0.5) is 18.9 Å². The lowest BCUT2D eigenvalue weighted by Crippen LogP contribution is -2.59. The predicted molar refractivity (Wildman–Crippen MR) is 111 cm³/mol. The van der Waals surface area contributed by atoms with Crippen LogP contribution in [0.3, 0.4) is 0 Å². The SMILES string of the molecule is Cc1ccc(N2CCCC3(CCCN3Cc3ccc(CC(F)(F)F)cc3)C2=O)cc1. The molecule has 0 saturated carbocycles. The van der Waals surface area contributed by atoms with Crippen LogP contribution in [-0.4, -0.2) is 35.6 Å². The average molecular weight is 416 g/mol. The number of benzene rings is 2. The molecule has 1 spiro atoms. The van der Waals surface area contributed by atoms with Crippen molar-refractivity contribution < 1.29 is 18.0 Å². The highest BCUT2D eigenvalue weighted by atomic mass is 19.4. The summed E-state index contributed by atoms with van der Waals surface area (Å²) in [4.78, 5) is 17.8. The molecule has 2 aliphatic heterocycles. The summed E-state index contributed by atoms with van der Waals surface area (Å²) >= 11 is 0. The van der Waals surface area contributed by atoms with Crippen LogP contribution >= 0.6 is 0 Å². The number of aryl methyl sites for hydroxylation is 1. The molecule has 3 nitrogen and oxygen atoms in total. The molecule has 6 heteroatoms. The number of carbonyl (C=O) groups excluding carboxylic acids is 1. The average Bonchev–Trinajstić information content (AvgIpc) is 3.08. The van der Waals surface area contributed by atoms with Crippen molar-refractivity contribution in [1.82, 2.24) is 4.90 Å². The van der Waals surface area contributed by atoms with Crippen molar-refractivity contribution in [2.24, 2.45) is 0 Å². The predicted octanol–water partition coefficient (Wildman–Crippen LogP) is 5.26. The maximum Gasteiger partial charge on any atom is 0.393 e. The highest BCUT2D eigenvalue weighted by Crippen LogP contribution is 2.40. The molecule has 0 radical (unpaired) electrons. The molecular formula is C24H27F3N2O. The second-order valence-electron chi connectivity index (χ2n) is 8.56. The Morgan fingerprint density at radius 1 is 0.900 bits per heavy atom. The Bertz CT molecular complexity index is 892. The third-order valence-corrected chi connectivity index (χ3v) is 6.39. The van der Waals surface area contributed by atoms with Crippen molar-refractivity contribution in [3.63, 3.8) is 0 Å². The molecule has 1 amide bonds. The second-order valence-corrected chi connectivity index (χ2v) is 8.56. The van der Waals surface area contributed by atoms with Crippen molar-refractivity contribution in [3.05, 3.63) is 65.2 Å². The van der Waals surface area contributed by atoms with Gasteiger partial charge in [-0.25, -0.2) is 0 Å². The molecule has 2 fully saturated rings. The van der Waals surface area contributed by atoms with Gasteiger partial charge in [0.2, 0.25) is 5.91 Å². The molecule has 2 aromatic carbocycles. The largest absolute Gasteiger partial charge is 0.393 e. The number of alkyl halides is 3. The first-order chi connectivity index (χ1) is 14.3. The molecule has 2 saturated heterocycles. The van der Waals surface area contributed by atoms with Gasteiger partial charge in [-0.05, 0) is 62.4 Å². The molecule has 4 rings (SSSR count). The highest BCUT2D eigenvalue weighted by Gasteiger charge is 2.50. The fourth-order valence-corrected chi connectivity index (χ4v) is 4.86. The Labute approximate surface area is 175 Å². The van der Waals surface area contributed by atoms with Crippen LogP contribution in [0.2, 0.25) is 0 Å². The Hall–Kier alpha value is -2.34. The van der Waals surface area contributed by atoms with Gasteiger partial charge in [0.25, 0.3) is 0 Å². The van der Waals surface area contributed by atoms with Crippen LogP contribution in [0.15, 0.2) is 48.5 Å². The van der Waals surface area contributed by atoms with Crippen molar-refractivity contribution in [3.8, 4) is 0 Å². The van der Waals surface area contributed by atoms with Gasteiger partial charge >= 0.3 is 6.18 Å². The van der Waals surface area contributed by atoms with Crippen molar-refractivity contribution >= 4 is 11.6 Å². The van der Waals surface area contributed by atoms with Crippen LogP contribution < -0.4 is 4.90 Å². The van der Waals surface area contributed by atoms with E-state index in [2.05, 4.69) is 4.90 Å². The maximum atomic E-state index is 13.6. The van der Waals surface area contributed by atoms with E-state index in [0.29, 0.717) is 6.54 Å². The van der Waals surface area contributed by atoms with Crippen LogP contribution in [-0.2, 0) is 17.8 Å². The molecule has 2 heterocycles. The minimum absolute atomic E-state index is 0.156. The second kappa shape index (κ2) is 8.06. The number of hydrogen-bond donors (Lipinski definition) is 0. The van der Waals surface area contributed by atoms with E-state index in [9.17, 15) is 18.0 Å². The van der Waals surface area contributed by atoms with E-state index in [1.807, 2.05) is 36.1 Å². The van der Waals surface area contributed by atoms with E-state index in [1.165, 1.54) is 0 Å². The van der Waals surface area contributed by atoms with E-state index in [0.717, 1.165) is 55.6 Å². The smallest absolute Gasteiger partial charge is 0.311 e. The fourth-order valence-electron chi connectivity index (χ4n) is 4.86. The van der Waals surface area contributed by atoms with Gasteiger partial charge in [-0.3, -0.25) is 9.69 Å². The number of piperidine rings is 1. The summed E-state index contributed by atoms with van der Waals surface area (Å²) < 4.78 is 37.8. The molecule has 1 unspecified atom stereocenters. The molecule has 0 bridgehead atoms. The van der Waals surface area contributed by atoms with E-state index in [4.69, 9.17) is 0 Å². The Morgan fingerprint density at radius 2 is 1.50 bits per heavy atom. The summed E-state index contributed by atoms with van der Waals surface area (Å²) in [6.07, 6.45) is -1.54. The molecule has 30 heavy (non-hydrogen) atoms. The molecule has 0 aliphatic carbocycles. The third-order valence-electron chi connectivity index (χ3n) is 6.39. The molecular weight excluding hydrogens is 389 g/mol. The number of anilines is 1. The summed E-state index contributed by atoms with van der Waals surface area (Å²) in [5, 5.41) is 0. The summed E-state index contributed by atoms with van der Waals surface area (Å²) in [6.45, 7) is 4.17. The van der Waals surface area contributed by atoms with Gasteiger partial charge in [0.15, 0.2) is 0 Å². The van der Waals surface area contributed by atoms with Crippen LogP contribution in [0.1, 0.15) is 42.4 Å². The van der Waals surface area contributed by atoms with E-state index in [1.54, 1.807) is 24.3 Å². The first-order valence-corrected chi connectivity index (χ1v) is 10.6. The lowest BCUT2D eigenvalue weighted by atomic mass is 9.84. The molecule has 0 aromatic heterocycles. The molecule has 1 atom stereocenters. The van der Waals surface area contributed by atoms with Crippen molar-refractivity contribution in [2.75, 3.05) is 18.0 Å². The third kappa shape index (κ3) is 4.24. The van der Waals surface area contributed by atoms with Gasteiger partial charge in [0.05, 0.1) is 6.42 Å². The first-order valence-electron chi connectivity index (χ1n) is 10.6. The maximum absolute atomic E-state index is 13.6. The van der Waals surface area contributed by atoms with Crippen LogP contribution in [0.5, 0.6) is 0 Å². The van der Waals surface area contributed by atoms with Crippen molar-refractivity contribution in [2.45, 2.75) is 57.3 Å². The minimum atomic E-state index is -4.20. The molecule has 0 N–H and O–H groups in total. The number of rotatable bonds is 4. The van der Waals surface area contributed by atoms with Gasteiger partial charge in [0.1, 0.15) is 5.54 Å². The Balaban J connectivity index is 1.52. The summed E-state index contributed by atoms with van der Waals surface area (Å²) in [5.41, 5.74) is 2.81. The number of nitrogens with zero attached hydrogens (tertiary/aromatic N) is 2. The zero-order valence-electron chi connectivity index (χ0n) is 17.2. The standard InChI is InChI=1S/C24H27F3N2O/c1-18-4-10-21(11-5-18)29-15-3-13-23(22(29)30)12-2-14-28(23)17-20-8-6-19(7-9-20)16-24(25,26)27/h4-11H,2-3,12-17H2,1H3. The first kappa shape index (κ1) is 20.9.